The Morgan fingerprint density at radius 2 is 2.05 bits per heavy atom. The maximum absolute atomic E-state index is 10.6. The van der Waals surface area contributed by atoms with Gasteiger partial charge in [0.25, 0.3) is 0 Å². The molecule has 0 aliphatic carbocycles. The van der Waals surface area contributed by atoms with Crippen LogP contribution >= 0.6 is 0 Å². The van der Waals surface area contributed by atoms with Gasteiger partial charge in [-0.3, -0.25) is 4.79 Å². The Labute approximate surface area is 120 Å². The lowest BCUT2D eigenvalue weighted by Gasteiger charge is -2.26. The number of aliphatic hydroxyl groups is 1. The molecule has 5 heteroatoms. The van der Waals surface area contributed by atoms with Crippen LogP contribution in [-0.2, 0) is 4.79 Å². The van der Waals surface area contributed by atoms with Crippen LogP contribution in [0.25, 0.3) is 0 Å². The monoisotopic (exact) mass is 280 g/mol. The highest BCUT2D eigenvalue weighted by Gasteiger charge is 2.20. The van der Waals surface area contributed by atoms with Crippen molar-refractivity contribution in [2.75, 3.05) is 25.1 Å². The van der Waals surface area contributed by atoms with E-state index in [2.05, 4.69) is 12.2 Å². The second-order valence-electron chi connectivity index (χ2n) is 5.27. The molecule has 1 amide bonds. The molecule has 0 saturated carbocycles. The first kappa shape index (κ1) is 16.3. The summed E-state index contributed by atoms with van der Waals surface area (Å²) in [6.45, 7) is 5.27. The molecule has 4 N–H and O–H groups in total. The summed E-state index contributed by atoms with van der Waals surface area (Å²) in [7, 11) is 0. The summed E-state index contributed by atoms with van der Waals surface area (Å²) in [5.41, 5.74) is 5.90. The number of rotatable bonds is 9. The van der Waals surface area contributed by atoms with Gasteiger partial charge in [0.15, 0.2) is 0 Å². The molecule has 0 spiro atoms. The number of benzene rings is 1. The highest BCUT2D eigenvalue weighted by Crippen LogP contribution is 2.22. The molecule has 20 heavy (non-hydrogen) atoms. The normalized spacial score (nSPS) is 13.6. The van der Waals surface area contributed by atoms with E-state index in [-0.39, 0.29) is 24.3 Å². The van der Waals surface area contributed by atoms with E-state index >= 15 is 0 Å². The Bertz CT molecular complexity index is 414. The summed E-state index contributed by atoms with van der Waals surface area (Å²) in [5.74, 6) is 0.336. The van der Waals surface area contributed by atoms with Crippen molar-refractivity contribution in [1.82, 2.24) is 0 Å². The van der Waals surface area contributed by atoms with Crippen LogP contribution in [0.4, 0.5) is 5.69 Å². The third kappa shape index (κ3) is 5.48. The van der Waals surface area contributed by atoms with Gasteiger partial charge in [-0.2, -0.15) is 0 Å². The summed E-state index contributed by atoms with van der Waals surface area (Å²) in [6.07, 6.45) is 1.12. The number of ether oxygens (including phenoxy) is 1. The molecule has 1 rings (SSSR count). The molecule has 0 heterocycles. The van der Waals surface area contributed by atoms with E-state index in [1.54, 1.807) is 0 Å². The van der Waals surface area contributed by atoms with Gasteiger partial charge in [0.05, 0.1) is 19.6 Å². The Hall–Kier alpha value is -1.75. The Balaban J connectivity index is 2.44. The number of hydrogen-bond acceptors (Lipinski definition) is 4. The summed E-state index contributed by atoms with van der Waals surface area (Å²) in [6, 6.07) is 7.50. The Kier molecular flexibility index (Phi) is 6.31. The van der Waals surface area contributed by atoms with E-state index in [9.17, 15) is 9.90 Å². The van der Waals surface area contributed by atoms with Crippen LogP contribution in [0.5, 0.6) is 5.75 Å². The third-order valence-corrected chi connectivity index (χ3v) is 3.43. The summed E-state index contributed by atoms with van der Waals surface area (Å²) >= 11 is 0. The molecule has 0 aliphatic heterocycles. The lowest BCUT2D eigenvalue weighted by Crippen LogP contribution is -2.29. The van der Waals surface area contributed by atoms with E-state index in [0.29, 0.717) is 18.9 Å². The minimum absolute atomic E-state index is 0.114. The molecule has 1 unspecified atom stereocenters. The minimum Gasteiger partial charge on any atom is -0.493 e. The van der Waals surface area contributed by atoms with Crippen molar-refractivity contribution in [2.24, 2.45) is 11.1 Å². The number of nitrogens with two attached hydrogens (primary N) is 1. The third-order valence-electron chi connectivity index (χ3n) is 3.43. The molecule has 0 radical (unpaired) electrons. The van der Waals surface area contributed by atoms with E-state index in [0.717, 1.165) is 12.1 Å². The van der Waals surface area contributed by atoms with E-state index in [4.69, 9.17) is 10.5 Å². The second-order valence-corrected chi connectivity index (χ2v) is 5.27. The Morgan fingerprint density at radius 3 is 2.55 bits per heavy atom. The molecule has 112 valence electrons. The van der Waals surface area contributed by atoms with Gasteiger partial charge in [0.1, 0.15) is 5.75 Å². The van der Waals surface area contributed by atoms with Crippen molar-refractivity contribution in [3.63, 3.8) is 0 Å². The fourth-order valence-corrected chi connectivity index (χ4v) is 1.55. The van der Waals surface area contributed by atoms with Crippen LogP contribution in [0.3, 0.4) is 0 Å². The molecule has 0 saturated heterocycles. The second kappa shape index (κ2) is 7.75. The number of amides is 1. The van der Waals surface area contributed by atoms with Crippen LogP contribution in [0, 0.1) is 5.41 Å². The van der Waals surface area contributed by atoms with Gasteiger partial charge < -0.3 is 20.9 Å². The van der Waals surface area contributed by atoms with E-state index < -0.39 is 0 Å². The average molecular weight is 280 g/mol. The van der Waals surface area contributed by atoms with Gasteiger partial charge >= 0.3 is 0 Å². The van der Waals surface area contributed by atoms with Crippen LogP contribution in [-0.4, -0.2) is 30.8 Å². The first-order valence-corrected chi connectivity index (χ1v) is 6.85. The number of carbonyl (C=O) groups is 1. The lowest BCUT2D eigenvalue weighted by atomic mass is 9.88. The van der Waals surface area contributed by atoms with Gasteiger partial charge in [-0.1, -0.05) is 13.8 Å². The van der Waals surface area contributed by atoms with Crippen molar-refractivity contribution in [3.05, 3.63) is 24.3 Å². The zero-order chi connectivity index (χ0) is 15.0. The molecule has 0 fully saturated rings. The van der Waals surface area contributed by atoms with Crippen molar-refractivity contribution >= 4 is 11.6 Å². The number of anilines is 1. The first-order valence-electron chi connectivity index (χ1n) is 6.85. The van der Waals surface area contributed by atoms with Crippen LogP contribution in [0.2, 0.25) is 0 Å². The molecule has 0 aliphatic rings. The van der Waals surface area contributed by atoms with E-state index in [1.807, 2.05) is 31.2 Å². The van der Waals surface area contributed by atoms with Gasteiger partial charge in [-0.25, -0.2) is 0 Å². The zero-order valence-electron chi connectivity index (χ0n) is 12.2. The van der Waals surface area contributed by atoms with Crippen molar-refractivity contribution in [3.8, 4) is 5.75 Å². The average Bonchev–Trinajstić information content (AvgIpc) is 2.46. The molecular weight excluding hydrogens is 256 g/mol. The van der Waals surface area contributed by atoms with Crippen LogP contribution in [0.1, 0.15) is 26.7 Å². The molecule has 0 bridgehead atoms. The maximum Gasteiger partial charge on any atom is 0.220 e. The van der Waals surface area contributed by atoms with E-state index in [1.165, 1.54) is 0 Å². The molecule has 1 atom stereocenters. The zero-order valence-corrected chi connectivity index (χ0v) is 12.2. The van der Waals surface area contributed by atoms with Gasteiger partial charge in [-0.15, -0.1) is 0 Å². The quantitative estimate of drug-likeness (QED) is 0.643. The highest BCUT2D eigenvalue weighted by atomic mass is 16.5. The molecule has 0 aromatic heterocycles. The molecular formula is C15H24N2O3. The maximum atomic E-state index is 10.6. The standard InChI is InChI=1S/C15H24N2O3/c1-3-15(2,11-18)10-17-12-4-6-13(7-5-12)20-9-8-14(16)19/h4-7,17-18H,3,8-11H2,1-2H3,(H2,16,19). The topological polar surface area (TPSA) is 84.6 Å². The largest absolute Gasteiger partial charge is 0.493 e. The lowest BCUT2D eigenvalue weighted by molar-refractivity contribution is -0.118. The smallest absolute Gasteiger partial charge is 0.220 e. The van der Waals surface area contributed by atoms with Gasteiger partial charge in [0, 0.05) is 17.6 Å². The fourth-order valence-electron chi connectivity index (χ4n) is 1.55. The molecule has 1 aromatic carbocycles. The highest BCUT2D eigenvalue weighted by molar-refractivity contribution is 5.73. The SMILES string of the molecule is CCC(C)(CO)CNc1ccc(OCCC(N)=O)cc1. The number of carbonyl (C=O) groups excluding carboxylic acids is 1. The van der Waals surface area contributed by atoms with Crippen molar-refractivity contribution in [2.45, 2.75) is 26.7 Å². The summed E-state index contributed by atoms with van der Waals surface area (Å²) in [5, 5.41) is 12.7. The number of aliphatic hydroxyl groups excluding tert-OH is 1. The van der Waals surface area contributed by atoms with Crippen molar-refractivity contribution in [1.29, 1.82) is 0 Å². The summed E-state index contributed by atoms with van der Waals surface area (Å²) in [4.78, 5) is 10.6. The number of nitrogens with one attached hydrogen (secondary N) is 1. The molecule has 1 aromatic rings. The van der Waals surface area contributed by atoms with Gasteiger partial charge in [0.2, 0.25) is 5.91 Å². The predicted octanol–water partition coefficient (Wildman–Crippen LogP) is 1.76. The fraction of sp³-hybridized carbons (Fsp3) is 0.533. The van der Waals surface area contributed by atoms with Crippen molar-refractivity contribution < 1.29 is 14.6 Å². The van der Waals surface area contributed by atoms with Crippen LogP contribution in [0.15, 0.2) is 24.3 Å². The Morgan fingerprint density at radius 1 is 1.40 bits per heavy atom. The predicted molar refractivity (Wildman–Crippen MR) is 79.7 cm³/mol. The minimum atomic E-state index is -0.369. The number of hydrogen-bond donors (Lipinski definition) is 3. The summed E-state index contributed by atoms with van der Waals surface area (Å²) < 4.78 is 5.39. The van der Waals surface area contributed by atoms with Crippen LogP contribution < -0.4 is 15.8 Å². The first-order chi connectivity index (χ1) is 9.49. The van der Waals surface area contributed by atoms with Gasteiger partial charge in [-0.05, 0) is 30.7 Å². The molecule has 5 nitrogen and oxygen atoms in total. The number of primary amides is 1.